The Morgan fingerprint density at radius 1 is 0.542 bits per heavy atom. The van der Waals surface area contributed by atoms with Crippen LogP contribution < -0.4 is 52.0 Å². The first-order valence-electron chi connectivity index (χ1n) is 39.0. The number of benzene rings is 2. The summed E-state index contributed by atoms with van der Waals surface area (Å²) in [7, 11) is 0. The topological polar surface area (TPSA) is 548 Å². The van der Waals surface area contributed by atoms with Gasteiger partial charge in [-0.25, -0.2) is 22.4 Å². The molecular formula is C77H100F4N18O21. The molecule has 3 saturated heterocycles. The van der Waals surface area contributed by atoms with Gasteiger partial charge in [0, 0.05) is 146 Å². The van der Waals surface area contributed by atoms with Gasteiger partial charge in [0.1, 0.15) is 35.7 Å². The number of rotatable bonds is 52. The minimum atomic E-state index is -3.24. The third-order valence-corrected chi connectivity index (χ3v) is 19.8. The molecule has 0 aliphatic carbocycles. The van der Waals surface area contributed by atoms with E-state index in [1.54, 1.807) is 60.4 Å². The van der Waals surface area contributed by atoms with Crippen LogP contribution in [-0.4, -0.2) is 327 Å². The van der Waals surface area contributed by atoms with Crippen molar-refractivity contribution < 1.29 is 120 Å². The van der Waals surface area contributed by atoms with Gasteiger partial charge in [0.05, 0.1) is 100.0 Å². The number of halogens is 4. The molecule has 43 heteroatoms. The SMILES string of the molecule is C[C@@H](CCC(=O)NCCCCOc1ccc2nccc(C(=O)NCC(=O)N3CC(F)(F)C[C@H]3C#N)c2c1)NC(=O)C[C@H](CC(=O)N[C@H](CCC(=O)NCCCCOc1ccc2nccc(C(=O)NCC(=O)N3CC(F)(F)C[C@@H]3C#N)c2c1)C(=O)O)N1CCN(C(=O)CCC(NCCN(CCN(CCNCC(=O)O)CC(=O)O)CC(=O)O)C(=O)O)C1. The second-order valence-corrected chi connectivity index (χ2v) is 29.2. The van der Waals surface area contributed by atoms with Crippen LogP contribution in [0, 0.1) is 22.7 Å². The molecule has 2 aromatic heterocycles. The van der Waals surface area contributed by atoms with E-state index in [0.29, 0.717) is 59.0 Å². The second kappa shape index (κ2) is 46.9. The summed E-state index contributed by atoms with van der Waals surface area (Å²) in [6, 6.07) is 8.62. The Morgan fingerprint density at radius 3 is 1.49 bits per heavy atom. The van der Waals surface area contributed by atoms with E-state index in [9.17, 15) is 116 Å². The zero-order valence-electron chi connectivity index (χ0n) is 66.0. The number of hydrogen-bond acceptors (Lipinski definition) is 25. The van der Waals surface area contributed by atoms with Crippen LogP contribution in [0.4, 0.5) is 17.6 Å². The molecule has 13 N–H and O–H groups in total. The molecule has 3 fully saturated rings. The molecule has 1 unspecified atom stereocenters. The number of nitrogens with zero attached hydrogens (tertiary/aromatic N) is 10. The molecule has 4 aromatic rings. The van der Waals surface area contributed by atoms with Gasteiger partial charge >= 0.3 is 29.8 Å². The van der Waals surface area contributed by atoms with Crippen LogP contribution in [0.3, 0.4) is 0 Å². The molecule has 0 radical (unpaired) electrons. The highest BCUT2D eigenvalue weighted by Gasteiger charge is 2.48. The van der Waals surface area contributed by atoms with Crippen LogP contribution in [0.5, 0.6) is 11.5 Å². The maximum absolute atomic E-state index is 14.0. The molecule has 3 aliphatic rings. The third kappa shape index (κ3) is 31.7. The Balaban J connectivity index is 0.877. The number of carbonyl (C=O) groups excluding carboxylic acids is 9. The van der Waals surface area contributed by atoms with Crippen molar-refractivity contribution in [3.05, 3.63) is 72.1 Å². The van der Waals surface area contributed by atoms with Crippen molar-refractivity contribution in [1.82, 2.24) is 81.9 Å². The number of alkyl halides is 4. The number of unbranched alkanes of at least 4 members (excludes halogenated alkanes) is 2. The average Bonchev–Trinajstić information content (AvgIpc) is 1.69. The van der Waals surface area contributed by atoms with E-state index < -0.39 is 184 Å². The maximum Gasteiger partial charge on any atom is 0.326 e. The van der Waals surface area contributed by atoms with Crippen LogP contribution in [0.25, 0.3) is 21.8 Å². The van der Waals surface area contributed by atoms with Gasteiger partial charge in [-0.05, 0) is 100 Å². The van der Waals surface area contributed by atoms with E-state index in [1.165, 1.54) is 39.2 Å². The van der Waals surface area contributed by atoms with E-state index in [4.69, 9.17) is 14.6 Å². The van der Waals surface area contributed by atoms with E-state index in [0.717, 1.165) is 9.80 Å². The smallest absolute Gasteiger partial charge is 0.326 e. The number of hydrogen-bond donors (Lipinski definition) is 13. The number of fused-ring (bicyclic) bond motifs is 2. The summed E-state index contributed by atoms with van der Waals surface area (Å²) in [5.74, 6) is -18.0. The fourth-order valence-corrected chi connectivity index (χ4v) is 13.6. The van der Waals surface area contributed by atoms with Gasteiger partial charge in [0.25, 0.3) is 23.7 Å². The van der Waals surface area contributed by atoms with Gasteiger partial charge in [0.15, 0.2) is 0 Å². The molecule has 0 saturated carbocycles. The largest absolute Gasteiger partial charge is 0.494 e. The number of nitrogens with one attached hydrogen (secondary N) is 8. The lowest BCUT2D eigenvalue weighted by Gasteiger charge is -2.28. The summed E-state index contributed by atoms with van der Waals surface area (Å²) in [5, 5.41) is 88.7. The maximum atomic E-state index is 14.0. The lowest BCUT2D eigenvalue weighted by atomic mass is 10.1. The fourth-order valence-electron chi connectivity index (χ4n) is 13.6. The third-order valence-electron chi connectivity index (χ3n) is 19.8. The van der Waals surface area contributed by atoms with Crippen LogP contribution in [0.2, 0.25) is 0 Å². The Morgan fingerprint density at radius 2 is 1.02 bits per heavy atom. The zero-order valence-corrected chi connectivity index (χ0v) is 66.0. The van der Waals surface area contributed by atoms with E-state index in [-0.39, 0.29) is 154 Å². The predicted octanol–water partition coefficient (Wildman–Crippen LogP) is 0.168. The number of carboxylic acid groups (broad SMARTS) is 5. The molecule has 3 aliphatic heterocycles. The highest BCUT2D eigenvalue weighted by Crippen LogP contribution is 2.34. The van der Waals surface area contributed by atoms with Gasteiger partial charge in [-0.2, -0.15) is 10.5 Å². The molecule has 39 nitrogen and oxygen atoms in total. The van der Waals surface area contributed by atoms with Gasteiger partial charge in [-0.3, -0.25) is 87.0 Å². The Bertz CT molecular complexity index is 4400. The number of aromatic nitrogens is 2. The number of likely N-dealkylation sites (tertiary alicyclic amines) is 2. The van der Waals surface area contributed by atoms with Gasteiger partial charge in [0.2, 0.25) is 41.4 Å². The van der Waals surface area contributed by atoms with Crippen molar-refractivity contribution >= 4 is 105 Å². The van der Waals surface area contributed by atoms with Crippen molar-refractivity contribution in [3.8, 4) is 23.6 Å². The fraction of sp³-hybridized carbons (Fsp3) is 0.558. The second-order valence-electron chi connectivity index (χ2n) is 29.2. The summed E-state index contributed by atoms with van der Waals surface area (Å²) in [6.45, 7) is -1.82. The normalized spacial score (nSPS) is 16.5. The molecular weight excluding hydrogens is 1590 g/mol. The quantitative estimate of drug-likeness (QED) is 0.0207. The molecule has 6 atom stereocenters. The summed E-state index contributed by atoms with van der Waals surface area (Å²) in [6.07, 6.45) is 0.926. The molecule has 0 spiro atoms. The van der Waals surface area contributed by atoms with Crippen molar-refractivity contribution in [3.63, 3.8) is 0 Å². The van der Waals surface area contributed by atoms with E-state index >= 15 is 0 Å². The number of aliphatic carboxylic acids is 5. The van der Waals surface area contributed by atoms with Gasteiger partial charge < -0.3 is 92.2 Å². The Hall–Kier alpha value is -12.1. The molecule has 7 rings (SSSR count). The molecule has 0 bridgehead atoms. The van der Waals surface area contributed by atoms with E-state index in [2.05, 4.69) is 52.5 Å². The molecule has 652 valence electrons. The highest BCUT2D eigenvalue weighted by molar-refractivity contribution is 6.08. The monoisotopic (exact) mass is 1690 g/mol. The van der Waals surface area contributed by atoms with Crippen molar-refractivity contribution in [2.75, 3.05) is 131 Å². The molecule has 120 heavy (non-hydrogen) atoms. The number of amides is 9. The van der Waals surface area contributed by atoms with Crippen LogP contribution in [-0.2, 0) is 57.5 Å². The van der Waals surface area contributed by atoms with Crippen molar-refractivity contribution in [1.29, 1.82) is 10.5 Å². The summed E-state index contributed by atoms with van der Waals surface area (Å²) in [5.41, 5.74) is 1.05. The van der Waals surface area contributed by atoms with Crippen LogP contribution >= 0.6 is 0 Å². The van der Waals surface area contributed by atoms with Crippen molar-refractivity contribution in [2.45, 2.75) is 145 Å². The number of carboxylic acids is 5. The van der Waals surface area contributed by atoms with Gasteiger partial charge in [-0.15, -0.1) is 0 Å². The Kier molecular flexibility index (Phi) is 37.2. The summed E-state index contributed by atoms with van der Waals surface area (Å²) in [4.78, 5) is 195. The molecule has 9 amide bonds. The standard InChI is InChI=1S/C77H100F4N18O21/c1-48(6-13-62(100)88-18-2-4-30-119-52-7-9-58-56(34-52)54(16-20-85-58)72(113)90-40-67(105)98-45-76(78,79)36-50(98)38-82)92-64(102)32-49(96-28-29-97(47-96)66(104)15-12-60(74(115)116)87-23-25-95(44-71(111)112)27-26-94(43-70(109)110)24-22-84-42-69(107)108)33-65(103)93-61(75(117)118)11-14-63(101)89-19-3-5-31-120-53-8-10-59-57(35-53)55(17-21-86-59)73(114)91-41-68(106)99-46-77(80,81)37-51(99)39-83/h7-10,16-17,20-21,34-35,48-51,60-61,84,87H,2-6,11-15,18-19,22-33,36-37,40-47H2,1H3,(H,88,100)(H,89,101)(H,90,113)(H,91,114)(H,92,102)(H,93,103)(H,107,108)(H,109,110)(H,111,112)(H,115,116)(H,117,118)/t48-,49+,50-,51+,60?,61+/m0/s1. The number of pyridine rings is 2. The Labute approximate surface area is 686 Å². The molecule has 2 aromatic carbocycles. The summed E-state index contributed by atoms with van der Waals surface area (Å²) >= 11 is 0. The summed E-state index contributed by atoms with van der Waals surface area (Å²) < 4.78 is 67.7. The first kappa shape index (κ1) is 95.1. The van der Waals surface area contributed by atoms with Gasteiger partial charge in [-0.1, -0.05) is 0 Å². The first-order chi connectivity index (χ1) is 57.1. The predicted molar refractivity (Wildman–Crippen MR) is 414 cm³/mol. The average molecular weight is 1690 g/mol. The number of ether oxygens (including phenoxy) is 2. The van der Waals surface area contributed by atoms with Crippen LogP contribution in [0.15, 0.2) is 60.9 Å². The molecule has 5 heterocycles. The first-order valence-corrected chi connectivity index (χ1v) is 39.0. The minimum absolute atomic E-state index is 0.0151. The minimum Gasteiger partial charge on any atom is -0.494 e. The lowest BCUT2D eigenvalue weighted by molar-refractivity contribution is -0.142. The number of nitriles is 2. The van der Waals surface area contributed by atoms with E-state index in [1.807, 2.05) is 0 Å². The van der Waals surface area contributed by atoms with Crippen molar-refractivity contribution in [2.24, 2.45) is 0 Å². The number of carbonyl (C=O) groups is 14. The lowest BCUT2D eigenvalue weighted by Crippen LogP contribution is -2.47. The van der Waals surface area contributed by atoms with Crippen LogP contribution in [0.1, 0.15) is 118 Å². The highest BCUT2D eigenvalue weighted by atomic mass is 19.3. The zero-order chi connectivity index (χ0) is 87.6.